The van der Waals surface area contributed by atoms with E-state index in [0.717, 1.165) is 11.1 Å². The van der Waals surface area contributed by atoms with Crippen molar-refractivity contribution >= 4 is 11.8 Å². The fourth-order valence-corrected chi connectivity index (χ4v) is 2.30. The van der Waals surface area contributed by atoms with Crippen LogP contribution in [0, 0.1) is 0 Å². The zero-order valence-electron chi connectivity index (χ0n) is 12.9. The zero-order chi connectivity index (χ0) is 16.5. The van der Waals surface area contributed by atoms with Gasteiger partial charge in [0.05, 0.1) is 12.5 Å². The van der Waals surface area contributed by atoms with E-state index < -0.39 is 5.92 Å². The van der Waals surface area contributed by atoms with Gasteiger partial charge in [0.25, 0.3) is 0 Å². The molecule has 0 heterocycles. The topological polar surface area (TPSA) is 58.2 Å². The van der Waals surface area contributed by atoms with Crippen LogP contribution in [-0.2, 0) is 9.59 Å². The van der Waals surface area contributed by atoms with Gasteiger partial charge in [0.15, 0.2) is 0 Å². The van der Waals surface area contributed by atoms with Gasteiger partial charge < -0.3 is 10.6 Å². The maximum absolute atomic E-state index is 12.6. The highest BCUT2D eigenvalue weighted by atomic mass is 16.2. The van der Waals surface area contributed by atoms with E-state index in [4.69, 9.17) is 0 Å². The van der Waals surface area contributed by atoms with Crippen LogP contribution < -0.4 is 10.6 Å². The lowest BCUT2D eigenvalue weighted by atomic mass is 9.90. The van der Waals surface area contributed by atoms with Gasteiger partial charge in [-0.05, 0) is 11.1 Å². The molecule has 23 heavy (non-hydrogen) atoms. The Morgan fingerprint density at radius 2 is 1.43 bits per heavy atom. The maximum atomic E-state index is 12.6. The second-order valence-electron chi connectivity index (χ2n) is 5.06. The van der Waals surface area contributed by atoms with Gasteiger partial charge in [0.1, 0.15) is 0 Å². The molecule has 2 amide bonds. The fraction of sp³-hybridized carbons (Fsp3) is 0.158. The predicted molar refractivity (Wildman–Crippen MR) is 90.9 cm³/mol. The van der Waals surface area contributed by atoms with Crippen molar-refractivity contribution in [2.75, 3.05) is 13.1 Å². The molecule has 0 saturated carbocycles. The smallest absolute Gasteiger partial charge is 0.239 e. The minimum atomic E-state index is -0.440. The third kappa shape index (κ3) is 4.81. The molecule has 0 unspecified atom stereocenters. The molecule has 2 aromatic rings. The van der Waals surface area contributed by atoms with Crippen LogP contribution in [0.1, 0.15) is 17.0 Å². The molecule has 4 heteroatoms. The average molecular weight is 308 g/mol. The Morgan fingerprint density at radius 1 is 0.913 bits per heavy atom. The van der Waals surface area contributed by atoms with E-state index in [-0.39, 0.29) is 18.4 Å². The molecule has 0 aliphatic rings. The van der Waals surface area contributed by atoms with E-state index in [1.807, 2.05) is 60.7 Å². The Hall–Kier alpha value is -2.88. The van der Waals surface area contributed by atoms with Crippen molar-refractivity contribution in [3.8, 4) is 0 Å². The minimum absolute atomic E-state index is 0.0527. The molecule has 0 fully saturated rings. The van der Waals surface area contributed by atoms with Crippen LogP contribution in [0.25, 0.3) is 0 Å². The van der Waals surface area contributed by atoms with E-state index in [1.54, 1.807) is 6.08 Å². The van der Waals surface area contributed by atoms with Crippen molar-refractivity contribution in [3.63, 3.8) is 0 Å². The van der Waals surface area contributed by atoms with Crippen molar-refractivity contribution in [3.05, 3.63) is 84.4 Å². The molecule has 0 saturated heterocycles. The summed E-state index contributed by atoms with van der Waals surface area (Å²) in [6.45, 7) is 3.87. The Bertz CT molecular complexity index is 614. The summed E-state index contributed by atoms with van der Waals surface area (Å²) in [6, 6.07) is 19.1. The van der Waals surface area contributed by atoms with Crippen molar-refractivity contribution in [2.45, 2.75) is 5.92 Å². The van der Waals surface area contributed by atoms with Gasteiger partial charge in [-0.1, -0.05) is 66.7 Å². The monoisotopic (exact) mass is 308 g/mol. The van der Waals surface area contributed by atoms with E-state index >= 15 is 0 Å². The van der Waals surface area contributed by atoms with Crippen molar-refractivity contribution in [1.29, 1.82) is 0 Å². The first-order valence-electron chi connectivity index (χ1n) is 7.47. The summed E-state index contributed by atoms with van der Waals surface area (Å²) in [6.07, 6.45) is 1.59. The average Bonchev–Trinajstić information content (AvgIpc) is 2.60. The molecular weight excluding hydrogens is 288 g/mol. The highest BCUT2D eigenvalue weighted by Gasteiger charge is 2.22. The summed E-state index contributed by atoms with van der Waals surface area (Å²) in [4.78, 5) is 24.2. The largest absolute Gasteiger partial charge is 0.351 e. The molecule has 2 aromatic carbocycles. The quantitative estimate of drug-likeness (QED) is 0.771. The Kier molecular flexibility index (Phi) is 6.12. The van der Waals surface area contributed by atoms with Crippen molar-refractivity contribution in [1.82, 2.24) is 10.6 Å². The number of benzene rings is 2. The van der Waals surface area contributed by atoms with Crippen LogP contribution in [-0.4, -0.2) is 24.9 Å². The van der Waals surface area contributed by atoms with Crippen LogP contribution in [0.3, 0.4) is 0 Å². The Labute approximate surface area is 136 Å². The number of nitrogens with one attached hydrogen (secondary N) is 2. The summed E-state index contributed by atoms with van der Waals surface area (Å²) in [7, 11) is 0. The summed E-state index contributed by atoms with van der Waals surface area (Å²) in [5.41, 5.74) is 1.78. The van der Waals surface area contributed by atoms with Crippen LogP contribution in [0.5, 0.6) is 0 Å². The van der Waals surface area contributed by atoms with Gasteiger partial charge in [-0.3, -0.25) is 9.59 Å². The third-order valence-electron chi connectivity index (χ3n) is 3.39. The van der Waals surface area contributed by atoms with Gasteiger partial charge in [-0.25, -0.2) is 0 Å². The molecule has 0 aliphatic carbocycles. The molecule has 4 nitrogen and oxygen atoms in total. The van der Waals surface area contributed by atoms with E-state index in [2.05, 4.69) is 17.2 Å². The first-order chi connectivity index (χ1) is 11.2. The highest BCUT2D eigenvalue weighted by Crippen LogP contribution is 2.24. The molecular formula is C19H20N2O2. The molecule has 2 rings (SSSR count). The number of amides is 2. The summed E-state index contributed by atoms with van der Waals surface area (Å²) in [5, 5.41) is 5.34. The normalized spacial score (nSPS) is 10.1. The molecule has 0 aliphatic heterocycles. The predicted octanol–water partition coefficient (Wildman–Crippen LogP) is 2.24. The lowest BCUT2D eigenvalue weighted by Gasteiger charge is -2.17. The number of hydrogen-bond donors (Lipinski definition) is 2. The number of carbonyl (C=O) groups is 2. The standard InChI is InChI=1S/C19H20N2O2/c1-2-13-20-17(22)14-21-19(23)18(15-9-5-3-6-10-15)16-11-7-4-8-12-16/h2-12,18H,1,13-14H2,(H,20,22)(H,21,23). The Balaban J connectivity index is 2.13. The highest BCUT2D eigenvalue weighted by molar-refractivity contribution is 5.90. The number of hydrogen-bond acceptors (Lipinski definition) is 2. The summed E-state index contributed by atoms with van der Waals surface area (Å²) < 4.78 is 0. The molecule has 0 radical (unpaired) electrons. The third-order valence-corrected chi connectivity index (χ3v) is 3.39. The summed E-state index contributed by atoms with van der Waals surface area (Å²) in [5.74, 6) is -0.876. The molecule has 0 bridgehead atoms. The lowest BCUT2D eigenvalue weighted by molar-refractivity contribution is -0.126. The molecule has 0 aromatic heterocycles. The van der Waals surface area contributed by atoms with Gasteiger partial charge in [-0.2, -0.15) is 0 Å². The second kappa shape index (κ2) is 8.54. The van der Waals surface area contributed by atoms with Crippen molar-refractivity contribution in [2.24, 2.45) is 0 Å². The van der Waals surface area contributed by atoms with Gasteiger partial charge in [0, 0.05) is 6.54 Å². The van der Waals surface area contributed by atoms with E-state index in [1.165, 1.54) is 0 Å². The van der Waals surface area contributed by atoms with Gasteiger partial charge in [-0.15, -0.1) is 6.58 Å². The fourth-order valence-electron chi connectivity index (χ4n) is 2.30. The SMILES string of the molecule is C=CCNC(=O)CNC(=O)C(c1ccccc1)c1ccccc1. The number of carbonyl (C=O) groups excluding carboxylic acids is 2. The number of rotatable bonds is 7. The van der Waals surface area contributed by atoms with Crippen LogP contribution in [0.2, 0.25) is 0 Å². The lowest BCUT2D eigenvalue weighted by Crippen LogP contribution is -2.39. The molecule has 2 N–H and O–H groups in total. The van der Waals surface area contributed by atoms with Crippen molar-refractivity contribution < 1.29 is 9.59 Å². The van der Waals surface area contributed by atoms with Crippen LogP contribution >= 0.6 is 0 Å². The minimum Gasteiger partial charge on any atom is -0.351 e. The van der Waals surface area contributed by atoms with Gasteiger partial charge >= 0.3 is 0 Å². The van der Waals surface area contributed by atoms with E-state index in [0.29, 0.717) is 6.54 Å². The Morgan fingerprint density at radius 3 is 1.91 bits per heavy atom. The molecule has 0 spiro atoms. The summed E-state index contributed by atoms with van der Waals surface area (Å²) >= 11 is 0. The molecule has 118 valence electrons. The zero-order valence-corrected chi connectivity index (χ0v) is 12.9. The van der Waals surface area contributed by atoms with Gasteiger partial charge in [0.2, 0.25) is 11.8 Å². The van der Waals surface area contributed by atoms with E-state index in [9.17, 15) is 9.59 Å². The first kappa shape index (κ1) is 16.5. The van der Waals surface area contributed by atoms with Crippen LogP contribution in [0.15, 0.2) is 73.3 Å². The second-order valence-corrected chi connectivity index (χ2v) is 5.06. The van der Waals surface area contributed by atoms with Crippen LogP contribution in [0.4, 0.5) is 0 Å². The molecule has 0 atom stereocenters. The first-order valence-corrected chi connectivity index (χ1v) is 7.47. The maximum Gasteiger partial charge on any atom is 0.239 e.